The Morgan fingerprint density at radius 2 is 2.05 bits per heavy atom. The number of methoxy groups -OCH3 is 1. The predicted octanol–water partition coefficient (Wildman–Crippen LogP) is 3.00. The zero-order chi connectivity index (χ0) is 15.1. The zero-order valence-corrected chi connectivity index (χ0v) is 13.5. The molecular formula is C17H28N2O2. The van der Waals surface area contributed by atoms with Crippen LogP contribution in [0, 0.1) is 0 Å². The second-order valence-corrected chi connectivity index (χ2v) is 5.99. The second-order valence-electron chi connectivity index (χ2n) is 5.99. The van der Waals surface area contributed by atoms with Crippen molar-refractivity contribution in [3.8, 4) is 5.75 Å². The number of hydrogen-bond donors (Lipinski definition) is 1. The minimum Gasteiger partial charge on any atom is -0.492 e. The lowest BCUT2D eigenvalue weighted by atomic mass is 9.92. The van der Waals surface area contributed by atoms with Crippen LogP contribution < -0.4 is 10.1 Å². The van der Waals surface area contributed by atoms with Gasteiger partial charge in [-0.15, -0.1) is 0 Å². The first-order valence-corrected chi connectivity index (χ1v) is 7.86. The van der Waals surface area contributed by atoms with E-state index in [4.69, 9.17) is 9.47 Å². The Morgan fingerprint density at radius 3 is 2.81 bits per heavy atom. The van der Waals surface area contributed by atoms with E-state index in [1.54, 1.807) is 0 Å². The molecule has 4 heteroatoms. The third kappa shape index (κ3) is 5.21. The van der Waals surface area contributed by atoms with Crippen LogP contribution in [0.5, 0.6) is 5.75 Å². The highest BCUT2D eigenvalue weighted by molar-refractivity contribution is 5.49. The van der Waals surface area contributed by atoms with Gasteiger partial charge in [-0.1, -0.05) is 18.9 Å². The molecule has 0 heterocycles. The van der Waals surface area contributed by atoms with Crippen molar-refractivity contribution in [3.63, 3.8) is 0 Å². The first-order valence-electron chi connectivity index (χ1n) is 7.86. The van der Waals surface area contributed by atoms with Crippen LogP contribution in [0.2, 0.25) is 0 Å². The number of likely N-dealkylation sites (N-methyl/N-ethyl adjacent to an activating group) is 1. The molecule has 0 aliphatic heterocycles. The maximum Gasteiger partial charge on any atom is 0.121 e. The number of anilines is 1. The summed E-state index contributed by atoms with van der Waals surface area (Å²) < 4.78 is 11.4. The van der Waals surface area contributed by atoms with Crippen LogP contribution in [-0.4, -0.2) is 51.4 Å². The molecule has 0 radical (unpaired) electrons. The molecule has 0 saturated heterocycles. The molecule has 2 atom stereocenters. The van der Waals surface area contributed by atoms with E-state index in [1.807, 2.05) is 19.2 Å². The molecule has 1 N–H and O–H groups in total. The van der Waals surface area contributed by atoms with Crippen molar-refractivity contribution in [1.82, 2.24) is 4.90 Å². The Balaban J connectivity index is 1.90. The second kappa shape index (κ2) is 8.25. The summed E-state index contributed by atoms with van der Waals surface area (Å²) in [5.74, 6) is 0.923. The molecular weight excluding hydrogens is 264 g/mol. The van der Waals surface area contributed by atoms with Gasteiger partial charge in [0.1, 0.15) is 12.4 Å². The van der Waals surface area contributed by atoms with Crippen LogP contribution in [0.3, 0.4) is 0 Å². The monoisotopic (exact) mass is 292 g/mol. The summed E-state index contributed by atoms with van der Waals surface area (Å²) in [6.45, 7) is 1.63. The largest absolute Gasteiger partial charge is 0.492 e. The van der Waals surface area contributed by atoms with Crippen LogP contribution in [-0.2, 0) is 4.74 Å². The Bertz CT molecular complexity index is 423. The summed E-state index contributed by atoms with van der Waals surface area (Å²) in [5.41, 5.74) is 1.12. The van der Waals surface area contributed by atoms with Gasteiger partial charge in [-0.05, 0) is 39.1 Å². The predicted molar refractivity (Wildman–Crippen MR) is 87.2 cm³/mol. The van der Waals surface area contributed by atoms with Gasteiger partial charge in [0.2, 0.25) is 0 Å². The maximum absolute atomic E-state index is 5.79. The van der Waals surface area contributed by atoms with Crippen molar-refractivity contribution < 1.29 is 9.47 Å². The molecule has 1 saturated carbocycles. The number of nitrogens with zero attached hydrogens (tertiary/aromatic N) is 1. The molecule has 4 nitrogen and oxygen atoms in total. The fourth-order valence-electron chi connectivity index (χ4n) is 2.78. The summed E-state index contributed by atoms with van der Waals surface area (Å²) in [6, 6.07) is 8.63. The smallest absolute Gasteiger partial charge is 0.121 e. The average Bonchev–Trinajstić information content (AvgIpc) is 2.48. The van der Waals surface area contributed by atoms with Gasteiger partial charge in [0.05, 0.1) is 12.1 Å². The van der Waals surface area contributed by atoms with Crippen LogP contribution in [0.4, 0.5) is 5.69 Å². The SMILES string of the molecule is COC1CCCCC1Nc1cccc(OCCN(C)C)c1. The third-order valence-electron chi connectivity index (χ3n) is 4.00. The van der Waals surface area contributed by atoms with Crippen LogP contribution >= 0.6 is 0 Å². The maximum atomic E-state index is 5.79. The van der Waals surface area contributed by atoms with Gasteiger partial charge in [0.25, 0.3) is 0 Å². The van der Waals surface area contributed by atoms with E-state index in [0.29, 0.717) is 18.8 Å². The van der Waals surface area contributed by atoms with Gasteiger partial charge >= 0.3 is 0 Å². The first kappa shape index (κ1) is 16.1. The average molecular weight is 292 g/mol. The van der Waals surface area contributed by atoms with Gasteiger partial charge in [0, 0.05) is 25.4 Å². The van der Waals surface area contributed by atoms with Crippen LogP contribution in [0.25, 0.3) is 0 Å². The highest BCUT2D eigenvalue weighted by atomic mass is 16.5. The molecule has 118 valence electrons. The van der Waals surface area contributed by atoms with Crippen LogP contribution in [0.1, 0.15) is 25.7 Å². The minimum atomic E-state index is 0.317. The number of rotatable bonds is 7. The highest BCUT2D eigenvalue weighted by Gasteiger charge is 2.24. The van der Waals surface area contributed by atoms with E-state index >= 15 is 0 Å². The molecule has 0 amide bonds. The lowest BCUT2D eigenvalue weighted by molar-refractivity contribution is 0.0606. The molecule has 21 heavy (non-hydrogen) atoms. The number of nitrogens with one attached hydrogen (secondary N) is 1. The summed E-state index contributed by atoms with van der Waals surface area (Å²) in [4.78, 5) is 2.12. The number of hydrogen-bond acceptors (Lipinski definition) is 4. The van der Waals surface area contributed by atoms with Crippen molar-refractivity contribution in [3.05, 3.63) is 24.3 Å². The molecule has 1 fully saturated rings. The molecule has 0 spiro atoms. The Hall–Kier alpha value is -1.26. The Kier molecular flexibility index (Phi) is 6.33. The number of benzene rings is 1. The molecule has 1 aromatic rings. The van der Waals surface area contributed by atoms with E-state index in [-0.39, 0.29) is 0 Å². The Morgan fingerprint density at radius 1 is 1.24 bits per heavy atom. The van der Waals surface area contributed by atoms with E-state index < -0.39 is 0 Å². The van der Waals surface area contributed by atoms with Crippen molar-refractivity contribution in [2.75, 3.05) is 39.7 Å². The molecule has 2 rings (SSSR count). The van der Waals surface area contributed by atoms with Gasteiger partial charge < -0.3 is 19.7 Å². The van der Waals surface area contributed by atoms with Crippen LogP contribution in [0.15, 0.2) is 24.3 Å². The molecule has 0 aromatic heterocycles. The molecule has 1 aromatic carbocycles. The van der Waals surface area contributed by atoms with E-state index in [0.717, 1.165) is 24.4 Å². The van der Waals surface area contributed by atoms with Gasteiger partial charge in [-0.2, -0.15) is 0 Å². The van der Waals surface area contributed by atoms with E-state index in [2.05, 4.69) is 36.4 Å². The van der Waals surface area contributed by atoms with E-state index in [1.165, 1.54) is 19.3 Å². The van der Waals surface area contributed by atoms with Crippen molar-refractivity contribution in [2.24, 2.45) is 0 Å². The standard InChI is InChI=1S/C17H28N2O2/c1-19(2)11-12-21-15-8-6-7-14(13-15)18-16-9-4-5-10-17(16)20-3/h6-8,13,16-18H,4-5,9-12H2,1-3H3. The van der Waals surface area contributed by atoms with Gasteiger partial charge in [-0.3, -0.25) is 0 Å². The first-order chi connectivity index (χ1) is 10.2. The molecule has 1 aliphatic carbocycles. The molecule has 2 unspecified atom stereocenters. The lowest BCUT2D eigenvalue weighted by Gasteiger charge is -2.31. The molecule has 0 bridgehead atoms. The van der Waals surface area contributed by atoms with Gasteiger partial charge in [0.15, 0.2) is 0 Å². The topological polar surface area (TPSA) is 33.7 Å². The fourth-order valence-corrected chi connectivity index (χ4v) is 2.78. The van der Waals surface area contributed by atoms with Crippen molar-refractivity contribution in [2.45, 2.75) is 37.8 Å². The number of ether oxygens (including phenoxy) is 2. The van der Waals surface area contributed by atoms with Gasteiger partial charge in [-0.25, -0.2) is 0 Å². The minimum absolute atomic E-state index is 0.317. The Labute approximate surface area is 128 Å². The summed E-state index contributed by atoms with van der Waals surface area (Å²) >= 11 is 0. The fraction of sp³-hybridized carbons (Fsp3) is 0.647. The normalized spacial score (nSPS) is 22.3. The van der Waals surface area contributed by atoms with Crippen molar-refractivity contribution in [1.29, 1.82) is 0 Å². The third-order valence-corrected chi connectivity index (χ3v) is 4.00. The highest BCUT2D eigenvalue weighted by Crippen LogP contribution is 2.25. The van der Waals surface area contributed by atoms with E-state index in [9.17, 15) is 0 Å². The summed E-state index contributed by atoms with van der Waals surface area (Å²) in [5, 5.41) is 3.61. The zero-order valence-electron chi connectivity index (χ0n) is 13.5. The lowest BCUT2D eigenvalue weighted by Crippen LogP contribution is -2.37. The quantitative estimate of drug-likeness (QED) is 0.837. The summed E-state index contributed by atoms with van der Waals surface area (Å²) in [7, 11) is 5.91. The molecule has 1 aliphatic rings. The van der Waals surface area contributed by atoms with Crippen molar-refractivity contribution >= 4 is 5.69 Å². The summed E-state index contributed by atoms with van der Waals surface area (Å²) in [6.07, 6.45) is 5.18.